The summed E-state index contributed by atoms with van der Waals surface area (Å²) in [5.74, 6) is 0.504. The predicted octanol–water partition coefficient (Wildman–Crippen LogP) is 5.04. The van der Waals surface area contributed by atoms with Crippen molar-refractivity contribution in [2.75, 3.05) is 0 Å². The minimum Gasteiger partial charge on any atom is -0.121 e. The van der Waals surface area contributed by atoms with Crippen molar-refractivity contribution in [3.05, 3.63) is 121 Å². The summed E-state index contributed by atoms with van der Waals surface area (Å²) in [7, 11) is -2.04. The van der Waals surface area contributed by atoms with Crippen LogP contribution in [0.5, 0.6) is 0 Å². The third-order valence-electron chi connectivity index (χ3n) is 4.93. The molecular weight excluding hydrogens is 367 g/mol. The van der Waals surface area contributed by atoms with Crippen LogP contribution in [0.1, 0.15) is 5.56 Å². The molecule has 0 aromatic heterocycles. The van der Waals surface area contributed by atoms with E-state index in [1.807, 2.05) is 0 Å². The fourth-order valence-corrected chi connectivity index (χ4v) is 8.58. The Bertz CT molecular complexity index is 901. The Morgan fingerprint density at radius 3 is 1.26 bits per heavy atom. The first-order chi connectivity index (χ1) is 13.4. The molecule has 0 aliphatic rings. The highest BCUT2D eigenvalue weighted by Crippen LogP contribution is 2.54. The molecule has 0 N–H and O–H groups in total. The quantitative estimate of drug-likeness (QED) is 0.332. The fourth-order valence-electron chi connectivity index (χ4n) is 3.77. The molecule has 0 aliphatic heterocycles. The summed E-state index contributed by atoms with van der Waals surface area (Å²) in [6.45, 7) is 0. The smallest absolute Gasteiger partial charge is 0.121 e. The van der Waals surface area contributed by atoms with Crippen LogP contribution in [-0.2, 0) is 5.88 Å². The van der Waals surface area contributed by atoms with E-state index in [0.717, 1.165) is 0 Å². The molecular formula is C25H21ClP+. The van der Waals surface area contributed by atoms with Gasteiger partial charge < -0.3 is 0 Å². The molecule has 0 saturated heterocycles. The van der Waals surface area contributed by atoms with Crippen LogP contribution in [0, 0.1) is 0 Å². The standard InChI is InChI=1S/C25H21ClP/c26-20-21-12-10-11-19-25(21)27(22-13-4-1-5-14-22,23-15-6-2-7-16-23)24-17-8-3-9-18-24/h1-19H,20H2/q+1. The summed E-state index contributed by atoms with van der Waals surface area (Å²) < 4.78 is 0. The summed E-state index contributed by atoms with van der Waals surface area (Å²) >= 11 is 6.42. The van der Waals surface area contributed by atoms with E-state index in [9.17, 15) is 0 Å². The Labute approximate surface area is 166 Å². The van der Waals surface area contributed by atoms with E-state index in [-0.39, 0.29) is 0 Å². The van der Waals surface area contributed by atoms with Gasteiger partial charge in [0.05, 0.1) is 5.88 Å². The second kappa shape index (κ2) is 8.09. The van der Waals surface area contributed by atoms with E-state index in [4.69, 9.17) is 11.6 Å². The molecule has 0 fully saturated rings. The minimum atomic E-state index is -2.04. The summed E-state index contributed by atoms with van der Waals surface area (Å²) in [5, 5.41) is 5.38. The van der Waals surface area contributed by atoms with Crippen LogP contribution in [0.25, 0.3) is 0 Å². The average Bonchev–Trinajstić information content (AvgIpc) is 2.77. The maximum Gasteiger partial charge on any atom is 0.144 e. The highest BCUT2D eigenvalue weighted by atomic mass is 35.5. The van der Waals surface area contributed by atoms with Crippen molar-refractivity contribution in [3.8, 4) is 0 Å². The molecule has 4 rings (SSSR count). The molecule has 0 saturated carbocycles. The molecule has 0 heterocycles. The van der Waals surface area contributed by atoms with Crippen LogP contribution < -0.4 is 21.2 Å². The van der Waals surface area contributed by atoms with E-state index in [1.54, 1.807) is 0 Å². The third kappa shape index (κ3) is 3.21. The molecule has 0 atom stereocenters. The van der Waals surface area contributed by atoms with Crippen molar-refractivity contribution in [2.24, 2.45) is 0 Å². The normalized spacial score (nSPS) is 11.3. The van der Waals surface area contributed by atoms with Gasteiger partial charge in [0.1, 0.15) is 28.5 Å². The maximum absolute atomic E-state index is 6.42. The lowest BCUT2D eigenvalue weighted by Gasteiger charge is -2.29. The lowest BCUT2D eigenvalue weighted by Crippen LogP contribution is -2.39. The number of halogens is 1. The maximum atomic E-state index is 6.42. The van der Waals surface area contributed by atoms with Crippen LogP contribution >= 0.6 is 18.9 Å². The van der Waals surface area contributed by atoms with Crippen molar-refractivity contribution in [1.82, 2.24) is 0 Å². The molecule has 0 aliphatic carbocycles. The number of alkyl halides is 1. The molecule has 4 aromatic carbocycles. The third-order valence-corrected chi connectivity index (χ3v) is 9.59. The van der Waals surface area contributed by atoms with Gasteiger partial charge in [-0.05, 0) is 42.5 Å². The first kappa shape index (κ1) is 18.0. The molecule has 0 spiro atoms. The molecule has 0 unspecified atom stereocenters. The van der Waals surface area contributed by atoms with E-state index in [1.165, 1.54) is 26.8 Å². The van der Waals surface area contributed by atoms with E-state index >= 15 is 0 Å². The molecule has 0 radical (unpaired) electrons. The minimum absolute atomic E-state index is 0.504. The van der Waals surface area contributed by atoms with Gasteiger partial charge in [0, 0.05) is 5.56 Å². The first-order valence-corrected chi connectivity index (χ1v) is 11.4. The zero-order valence-electron chi connectivity index (χ0n) is 15.0. The van der Waals surface area contributed by atoms with Gasteiger partial charge in [-0.15, -0.1) is 11.6 Å². The van der Waals surface area contributed by atoms with E-state index in [2.05, 4.69) is 115 Å². The van der Waals surface area contributed by atoms with E-state index < -0.39 is 7.26 Å². The molecule has 132 valence electrons. The van der Waals surface area contributed by atoms with Crippen molar-refractivity contribution >= 4 is 40.1 Å². The number of rotatable bonds is 5. The Hall–Kier alpha value is -2.40. The van der Waals surface area contributed by atoms with Gasteiger partial charge in [-0.3, -0.25) is 0 Å². The fraction of sp³-hybridized carbons (Fsp3) is 0.0400. The SMILES string of the molecule is ClCc1ccccc1[P+](c1ccccc1)(c1ccccc1)c1ccccc1. The van der Waals surface area contributed by atoms with Gasteiger partial charge in [-0.1, -0.05) is 72.8 Å². The van der Waals surface area contributed by atoms with Gasteiger partial charge in [0.15, 0.2) is 0 Å². The molecule has 2 heteroatoms. The van der Waals surface area contributed by atoms with Crippen LogP contribution in [0.3, 0.4) is 0 Å². The number of benzene rings is 4. The van der Waals surface area contributed by atoms with Crippen LogP contribution in [0.4, 0.5) is 0 Å². The monoisotopic (exact) mass is 387 g/mol. The molecule has 4 aromatic rings. The topological polar surface area (TPSA) is 0 Å². The zero-order chi connectivity index (χ0) is 18.5. The van der Waals surface area contributed by atoms with Crippen molar-refractivity contribution in [2.45, 2.75) is 5.88 Å². The zero-order valence-corrected chi connectivity index (χ0v) is 16.7. The largest absolute Gasteiger partial charge is 0.144 e. The van der Waals surface area contributed by atoms with Crippen molar-refractivity contribution in [3.63, 3.8) is 0 Å². The molecule has 0 nitrogen and oxygen atoms in total. The second-order valence-corrected chi connectivity index (χ2v) is 10.1. The Kier molecular flexibility index (Phi) is 5.39. The molecule has 0 amide bonds. The van der Waals surface area contributed by atoms with Crippen molar-refractivity contribution < 1.29 is 0 Å². The highest BCUT2D eigenvalue weighted by molar-refractivity contribution is 8.01. The van der Waals surface area contributed by atoms with Crippen molar-refractivity contribution in [1.29, 1.82) is 0 Å². The van der Waals surface area contributed by atoms with Gasteiger partial charge in [0.2, 0.25) is 0 Å². The summed E-state index contributed by atoms with van der Waals surface area (Å²) in [6, 6.07) is 41.3. The van der Waals surface area contributed by atoms with Gasteiger partial charge >= 0.3 is 0 Å². The second-order valence-electron chi connectivity index (χ2n) is 6.44. The lowest BCUT2D eigenvalue weighted by atomic mass is 10.2. The Morgan fingerprint density at radius 2 is 0.852 bits per heavy atom. The predicted molar refractivity (Wildman–Crippen MR) is 121 cm³/mol. The summed E-state index contributed by atoms with van der Waals surface area (Å²) in [5.41, 5.74) is 1.20. The van der Waals surface area contributed by atoms with Crippen LogP contribution in [0.15, 0.2) is 115 Å². The van der Waals surface area contributed by atoms with Gasteiger partial charge in [-0.25, -0.2) is 0 Å². The van der Waals surface area contributed by atoms with E-state index in [0.29, 0.717) is 5.88 Å². The van der Waals surface area contributed by atoms with Crippen LogP contribution in [-0.4, -0.2) is 0 Å². The van der Waals surface area contributed by atoms with Gasteiger partial charge in [0.25, 0.3) is 0 Å². The highest BCUT2D eigenvalue weighted by Gasteiger charge is 2.48. The van der Waals surface area contributed by atoms with Gasteiger partial charge in [-0.2, -0.15) is 0 Å². The Morgan fingerprint density at radius 1 is 0.481 bits per heavy atom. The number of hydrogen-bond acceptors (Lipinski definition) is 0. The summed E-state index contributed by atoms with van der Waals surface area (Å²) in [6.07, 6.45) is 0. The summed E-state index contributed by atoms with van der Waals surface area (Å²) in [4.78, 5) is 0. The average molecular weight is 388 g/mol. The molecule has 0 bridgehead atoms. The first-order valence-electron chi connectivity index (χ1n) is 9.07. The number of hydrogen-bond donors (Lipinski definition) is 0. The van der Waals surface area contributed by atoms with Crippen LogP contribution in [0.2, 0.25) is 0 Å². The Balaban J connectivity index is 2.17. The lowest BCUT2D eigenvalue weighted by molar-refractivity contribution is 1.44. The molecule has 27 heavy (non-hydrogen) atoms.